The lowest BCUT2D eigenvalue weighted by Crippen LogP contribution is -2.51. The predicted molar refractivity (Wildman–Crippen MR) is 111 cm³/mol. The van der Waals surface area contributed by atoms with Gasteiger partial charge in [0.15, 0.2) is 0 Å². The maximum atomic E-state index is 12.7. The SMILES string of the molecule is CCN(CC)C(CNC(=O)C1NNC(C(C)C)C1Br)Cc1ccccc1. The second-order valence-electron chi connectivity index (χ2n) is 7.29. The normalized spacial score (nSPS) is 24.2. The van der Waals surface area contributed by atoms with E-state index in [9.17, 15) is 4.79 Å². The van der Waals surface area contributed by atoms with Crippen LogP contribution in [0.5, 0.6) is 0 Å². The van der Waals surface area contributed by atoms with Gasteiger partial charge in [0.1, 0.15) is 6.04 Å². The lowest BCUT2D eigenvalue weighted by atomic mass is 9.99. The number of hydrogen-bond acceptors (Lipinski definition) is 4. The number of hydrazine groups is 1. The minimum absolute atomic E-state index is 0.0488. The van der Waals surface area contributed by atoms with E-state index in [1.807, 2.05) is 6.07 Å². The summed E-state index contributed by atoms with van der Waals surface area (Å²) in [6.07, 6.45) is 0.936. The zero-order chi connectivity index (χ0) is 19.1. The average molecular weight is 425 g/mol. The summed E-state index contributed by atoms with van der Waals surface area (Å²) in [7, 11) is 0. The van der Waals surface area contributed by atoms with Crippen LogP contribution in [0.25, 0.3) is 0 Å². The molecule has 6 heteroatoms. The van der Waals surface area contributed by atoms with Crippen molar-refractivity contribution in [1.82, 2.24) is 21.1 Å². The molecule has 1 fully saturated rings. The smallest absolute Gasteiger partial charge is 0.239 e. The summed E-state index contributed by atoms with van der Waals surface area (Å²) in [5.41, 5.74) is 7.69. The Kier molecular flexibility index (Phi) is 8.54. The third-order valence-electron chi connectivity index (χ3n) is 5.22. The van der Waals surface area contributed by atoms with Gasteiger partial charge >= 0.3 is 0 Å². The number of amides is 1. The molecule has 2 rings (SSSR count). The van der Waals surface area contributed by atoms with Gasteiger partial charge in [-0.25, -0.2) is 5.43 Å². The largest absolute Gasteiger partial charge is 0.353 e. The summed E-state index contributed by atoms with van der Waals surface area (Å²) >= 11 is 3.69. The molecule has 1 heterocycles. The van der Waals surface area contributed by atoms with Gasteiger partial charge in [-0.3, -0.25) is 15.1 Å². The van der Waals surface area contributed by atoms with Crippen LogP contribution in [0.4, 0.5) is 0 Å². The second kappa shape index (κ2) is 10.4. The zero-order valence-electron chi connectivity index (χ0n) is 16.3. The standard InChI is InChI=1S/C20H33BrN4O/c1-5-25(6-2)16(12-15-10-8-7-9-11-15)13-22-20(26)19-17(21)18(14(3)4)23-24-19/h7-11,14,16-19,23-24H,5-6,12-13H2,1-4H3,(H,22,26). The van der Waals surface area contributed by atoms with E-state index in [-0.39, 0.29) is 22.8 Å². The molecule has 4 unspecified atom stereocenters. The highest BCUT2D eigenvalue weighted by Crippen LogP contribution is 2.21. The molecule has 1 amide bonds. The van der Waals surface area contributed by atoms with Crippen LogP contribution in [0.3, 0.4) is 0 Å². The van der Waals surface area contributed by atoms with Crippen molar-refractivity contribution in [2.75, 3.05) is 19.6 Å². The molecular weight excluding hydrogens is 392 g/mol. The molecule has 5 nitrogen and oxygen atoms in total. The molecule has 1 aliphatic heterocycles. The minimum Gasteiger partial charge on any atom is -0.353 e. The Morgan fingerprint density at radius 3 is 2.38 bits per heavy atom. The number of benzene rings is 1. The molecule has 1 aliphatic rings. The molecule has 1 saturated heterocycles. The van der Waals surface area contributed by atoms with E-state index >= 15 is 0 Å². The molecule has 4 atom stereocenters. The van der Waals surface area contributed by atoms with Crippen molar-refractivity contribution in [3.05, 3.63) is 35.9 Å². The molecule has 0 aromatic heterocycles. The summed E-state index contributed by atoms with van der Waals surface area (Å²) in [6, 6.07) is 10.8. The molecule has 0 spiro atoms. The van der Waals surface area contributed by atoms with E-state index in [1.54, 1.807) is 0 Å². The van der Waals surface area contributed by atoms with Gasteiger partial charge in [0, 0.05) is 18.6 Å². The Morgan fingerprint density at radius 1 is 1.19 bits per heavy atom. The molecule has 0 aliphatic carbocycles. The Morgan fingerprint density at radius 2 is 1.85 bits per heavy atom. The summed E-state index contributed by atoms with van der Waals surface area (Å²) in [4.78, 5) is 15.2. The van der Waals surface area contributed by atoms with Gasteiger partial charge in [0.2, 0.25) is 5.91 Å². The third-order valence-corrected chi connectivity index (χ3v) is 6.32. The Bertz CT molecular complexity index is 550. The van der Waals surface area contributed by atoms with Gasteiger partial charge in [0.05, 0.1) is 4.83 Å². The Hall–Kier alpha value is -0.950. The first-order valence-electron chi connectivity index (χ1n) is 9.68. The van der Waals surface area contributed by atoms with Crippen LogP contribution in [-0.2, 0) is 11.2 Å². The maximum Gasteiger partial charge on any atom is 0.239 e. The second-order valence-corrected chi connectivity index (χ2v) is 8.35. The number of hydrogen-bond donors (Lipinski definition) is 3. The number of likely N-dealkylation sites (N-methyl/N-ethyl adjacent to an activating group) is 1. The fraction of sp³-hybridized carbons (Fsp3) is 0.650. The van der Waals surface area contributed by atoms with Crippen LogP contribution in [0.2, 0.25) is 0 Å². The summed E-state index contributed by atoms with van der Waals surface area (Å²) in [5.74, 6) is 0.499. The van der Waals surface area contributed by atoms with Crippen LogP contribution < -0.4 is 16.2 Å². The van der Waals surface area contributed by atoms with Gasteiger partial charge in [-0.05, 0) is 31.0 Å². The minimum atomic E-state index is -0.253. The molecule has 146 valence electrons. The molecular formula is C20H33BrN4O. The number of alkyl halides is 1. The van der Waals surface area contributed by atoms with E-state index in [1.165, 1.54) is 5.56 Å². The van der Waals surface area contributed by atoms with Crippen LogP contribution in [0.1, 0.15) is 33.3 Å². The summed E-state index contributed by atoms with van der Waals surface area (Å²) in [5, 5.41) is 3.17. The first-order valence-corrected chi connectivity index (χ1v) is 10.6. The average Bonchev–Trinajstić information content (AvgIpc) is 3.03. The highest BCUT2D eigenvalue weighted by Gasteiger charge is 2.39. The van der Waals surface area contributed by atoms with Gasteiger partial charge < -0.3 is 5.32 Å². The molecule has 0 radical (unpaired) electrons. The summed E-state index contributed by atoms with van der Waals surface area (Å²) in [6.45, 7) is 11.3. The zero-order valence-corrected chi connectivity index (χ0v) is 17.9. The van der Waals surface area contributed by atoms with Gasteiger partial charge in [-0.2, -0.15) is 0 Å². The highest BCUT2D eigenvalue weighted by atomic mass is 79.9. The first kappa shape index (κ1) is 21.4. The first-order chi connectivity index (χ1) is 12.5. The number of rotatable bonds is 9. The summed E-state index contributed by atoms with van der Waals surface area (Å²) < 4.78 is 0. The van der Waals surface area contributed by atoms with Gasteiger partial charge in [-0.15, -0.1) is 0 Å². The Labute approximate surface area is 166 Å². The van der Waals surface area contributed by atoms with E-state index in [4.69, 9.17) is 0 Å². The number of nitrogens with zero attached hydrogens (tertiary/aromatic N) is 1. The van der Waals surface area contributed by atoms with Gasteiger partial charge in [0.25, 0.3) is 0 Å². The van der Waals surface area contributed by atoms with Gasteiger partial charge in [-0.1, -0.05) is 74.0 Å². The van der Waals surface area contributed by atoms with Crippen molar-refractivity contribution >= 4 is 21.8 Å². The lowest BCUT2D eigenvalue weighted by molar-refractivity contribution is -0.123. The van der Waals surface area contributed by atoms with Crippen molar-refractivity contribution < 1.29 is 4.79 Å². The van der Waals surface area contributed by atoms with E-state index in [0.717, 1.165) is 19.5 Å². The highest BCUT2D eigenvalue weighted by molar-refractivity contribution is 9.09. The van der Waals surface area contributed by atoms with Crippen molar-refractivity contribution in [3.63, 3.8) is 0 Å². The number of halogens is 1. The van der Waals surface area contributed by atoms with Crippen molar-refractivity contribution in [2.24, 2.45) is 5.92 Å². The molecule has 0 saturated carbocycles. The van der Waals surface area contributed by atoms with E-state index in [0.29, 0.717) is 18.5 Å². The fourth-order valence-corrected chi connectivity index (χ4v) is 4.70. The third kappa shape index (κ3) is 5.52. The van der Waals surface area contributed by atoms with Crippen molar-refractivity contribution in [3.8, 4) is 0 Å². The van der Waals surface area contributed by atoms with Crippen molar-refractivity contribution in [2.45, 2.75) is 57.1 Å². The lowest BCUT2D eigenvalue weighted by Gasteiger charge is -2.30. The quantitative estimate of drug-likeness (QED) is 0.532. The predicted octanol–water partition coefficient (Wildman–Crippen LogP) is 2.32. The van der Waals surface area contributed by atoms with Crippen LogP contribution in [-0.4, -0.2) is 53.4 Å². The molecule has 3 N–H and O–H groups in total. The molecule has 1 aromatic carbocycles. The number of nitrogens with one attached hydrogen (secondary N) is 3. The number of carbonyl (C=O) groups is 1. The van der Waals surface area contributed by atoms with Crippen LogP contribution in [0.15, 0.2) is 30.3 Å². The Balaban J connectivity index is 1.96. The maximum absolute atomic E-state index is 12.7. The molecule has 1 aromatic rings. The number of carbonyl (C=O) groups excluding carboxylic acids is 1. The van der Waals surface area contributed by atoms with Crippen LogP contribution >= 0.6 is 15.9 Å². The van der Waals surface area contributed by atoms with Crippen molar-refractivity contribution in [1.29, 1.82) is 0 Å². The molecule has 26 heavy (non-hydrogen) atoms. The van der Waals surface area contributed by atoms with E-state index in [2.05, 4.69) is 89.0 Å². The molecule has 0 bridgehead atoms. The van der Waals surface area contributed by atoms with E-state index < -0.39 is 0 Å². The van der Waals surface area contributed by atoms with Crippen LogP contribution in [0, 0.1) is 5.92 Å². The fourth-order valence-electron chi connectivity index (χ4n) is 3.58. The monoisotopic (exact) mass is 424 g/mol. The topological polar surface area (TPSA) is 56.4 Å².